The molecule has 0 saturated heterocycles. The third-order valence-electron chi connectivity index (χ3n) is 4.26. The first-order valence-corrected chi connectivity index (χ1v) is 8.36. The molecule has 3 amide bonds. The predicted molar refractivity (Wildman–Crippen MR) is 97.1 cm³/mol. The molecule has 0 spiro atoms. The first kappa shape index (κ1) is 17.4. The molecule has 4 rings (SSSR count). The average molecular weight is 378 g/mol. The van der Waals surface area contributed by atoms with E-state index in [2.05, 4.69) is 10.4 Å². The molecule has 0 aromatic heterocycles. The molecular weight excluding hydrogens is 364 g/mol. The Morgan fingerprint density at radius 2 is 1.61 bits per heavy atom. The molecule has 0 radical (unpaired) electrons. The molecule has 9 heteroatoms. The number of imide groups is 1. The third kappa shape index (κ3) is 2.88. The highest BCUT2D eigenvalue weighted by Gasteiger charge is 2.40. The van der Waals surface area contributed by atoms with E-state index >= 15 is 0 Å². The second-order valence-electron chi connectivity index (χ2n) is 6.17. The lowest BCUT2D eigenvalue weighted by atomic mass is 10.1. The molecule has 2 aromatic rings. The van der Waals surface area contributed by atoms with Crippen LogP contribution < -0.4 is 10.4 Å². The highest BCUT2D eigenvalue weighted by atomic mass is 16.7. The van der Waals surface area contributed by atoms with Crippen LogP contribution in [0.3, 0.4) is 0 Å². The van der Waals surface area contributed by atoms with Crippen molar-refractivity contribution in [2.24, 2.45) is 4.99 Å². The summed E-state index contributed by atoms with van der Waals surface area (Å²) in [5.74, 6) is -3.20. The van der Waals surface area contributed by atoms with E-state index in [0.29, 0.717) is 10.8 Å². The summed E-state index contributed by atoms with van der Waals surface area (Å²) < 4.78 is 0. The number of amides is 3. The number of nitrogens with zero attached hydrogens (tertiary/aromatic N) is 3. The maximum Gasteiger partial charge on any atom is 0.400 e. The Kier molecular flexibility index (Phi) is 4.11. The molecule has 2 heterocycles. The number of amidine groups is 1. The highest BCUT2D eigenvalue weighted by Crippen LogP contribution is 2.23. The van der Waals surface area contributed by atoms with Crippen molar-refractivity contribution in [3.05, 3.63) is 65.2 Å². The molecule has 1 N–H and O–H groups in total. The Morgan fingerprint density at radius 3 is 2.21 bits per heavy atom. The van der Waals surface area contributed by atoms with Crippen LogP contribution in [0.15, 0.2) is 53.5 Å². The zero-order valence-electron chi connectivity index (χ0n) is 14.7. The largest absolute Gasteiger partial charge is 0.400 e. The number of fused-ring (bicyclic) bond motifs is 1. The van der Waals surface area contributed by atoms with Gasteiger partial charge in [-0.25, -0.2) is 9.80 Å². The zero-order chi connectivity index (χ0) is 19.8. The number of benzene rings is 2. The van der Waals surface area contributed by atoms with Gasteiger partial charge in [0.05, 0.1) is 16.8 Å². The monoisotopic (exact) mass is 378 g/mol. The number of carbonyl (C=O) groups is 4. The van der Waals surface area contributed by atoms with Crippen LogP contribution in [-0.2, 0) is 14.4 Å². The van der Waals surface area contributed by atoms with Gasteiger partial charge in [0.1, 0.15) is 6.54 Å². The van der Waals surface area contributed by atoms with E-state index in [4.69, 9.17) is 4.84 Å². The van der Waals surface area contributed by atoms with E-state index in [1.165, 1.54) is 12.1 Å². The van der Waals surface area contributed by atoms with Gasteiger partial charge in [-0.1, -0.05) is 34.9 Å². The number of hydroxylamine groups is 2. The topological polar surface area (TPSA) is 108 Å². The number of carbonyl (C=O) groups excluding carboxylic acids is 4. The van der Waals surface area contributed by atoms with Crippen molar-refractivity contribution in [2.45, 2.75) is 6.92 Å². The first-order chi connectivity index (χ1) is 13.5. The first-order valence-electron chi connectivity index (χ1n) is 8.36. The average Bonchev–Trinajstić information content (AvgIpc) is 2.94. The van der Waals surface area contributed by atoms with Gasteiger partial charge in [0.2, 0.25) is 5.84 Å². The summed E-state index contributed by atoms with van der Waals surface area (Å²) in [4.78, 5) is 58.0. The van der Waals surface area contributed by atoms with Crippen molar-refractivity contribution in [1.82, 2.24) is 10.5 Å². The number of aryl methyl sites for hydroxylation is 1. The normalized spacial score (nSPS) is 15.9. The predicted octanol–water partition coefficient (Wildman–Crippen LogP) is 0.999. The fourth-order valence-corrected chi connectivity index (χ4v) is 2.81. The molecule has 0 fully saturated rings. The molecule has 2 aliphatic heterocycles. The van der Waals surface area contributed by atoms with Crippen LogP contribution in [-0.4, -0.2) is 41.1 Å². The van der Waals surface area contributed by atoms with Gasteiger partial charge in [-0.05, 0) is 31.2 Å². The summed E-state index contributed by atoms with van der Waals surface area (Å²) >= 11 is 0. The number of nitrogens with one attached hydrogen (secondary N) is 1. The van der Waals surface area contributed by atoms with E-state index in [1.54, 1.807) is 24.3 Å². The number of aliphatic imine (C=N–C) groups is 1. The summed E-state index contributed by atoms with van der Waals surface area (Å²) in [6.07, 6.45) is 0. The maximum atomic E-state index is 12.4. The van der Waals surface area contributed by atoms with E-state index in [-0.39, 0.29) is 29.4 Å². The molecular formula is C19H14N4O5. The van der Waals surface area contributed by atoms with Gasteiger partial charge in [-0.15, -0.1) is 0 Å². The lowest BCUT2D eigenvalue weighted by molar-refractivity contribution is -0.159. The van der Waals surface area contributed by atoms with Crippen LogP contribution in [0.5, 0.6) is 0 Å². The number of hydrogen-bond donors (Lipinski definition) is 1. The van der Waals surface area contributed by atoms with Gasteiger partial charge in [-0.2, -0.15) is 0 Å². The molecule has 28 heavy (non-hydrogen) atoms. The standard InChI is InChI=1S/C19H14N4O5/c1-11-6-8-12(9-7-11)22-15(24)10-20-16(21-22)19(27)28-23-17(25)13-4-2-3-5-14(13)18(23)26/h2-9H,10H2,1H3,(H,20,21). The second-order valence-corrected chi connectivity index (χ2v) is 6.17. The van der Waals surface area contributed by atoms with E-state index in [0.717, 1.165) is 10.6 Å². The lowest BCUT2D eigenvalue weighted by Crippen LogP contribution is -2.54. The van der Waals surface area contributed by atoms with Gasteiger partial charge < -0.3 is 4.84 Å². The van der Waals surface area contributed by atoms with E-state index in [9.17, 15) is 19.2 Å². The van der Waals surface area contributed by atoms with Crippen molar-refractivity contribution in [3.8, 4) is 0 Å². The fourth-order valence-electron chi connectivity index (χ4n) is 2.81. The molecule has 0 aliphatic carbocycles. The van der Waals surface area contributed by atoms with Gasteiger partial charge in [-0.3, -0.25) is 24.8 Å². The smallest absolute Gasteiger partial charge is 0.321 e. The van der Waals surface area contributed by atoms with E-state index in [1.807, 2.05) is 19.1 Å². The molecule has 0 bridgehead atoms. The third-order valence-corrected chi connectivity index (χ3v) is 4.26. The number of rotatable bonds is 3. The summed E-state index contributed by atoms with van der Waals surface area (Å²) in [7, 11) is 0. The summed E-state index contributed by atoms with van der Waals surface area (Å²) in [6, 6.07) is 13.2. The van der Waals surface area contributed by atoms with Crippen molar-refractivity contribution >= 4 is 35.2 Å². The minimum atomic E-state index is -1.06. The van der Waals surface area contributed by atoms with Gasteiger partial charge >= 0.3 is 5.97 Å². The van der Waals surface area contributed by atoms with Crippen LogP contribution in [0.25, 0.3) is 0 Å². The molecule has 140 valence electrons. The molecule has 2 aromatic carbocycles. The van der Waals surface area contributed by atoms with E-state index < -0.39 is 17.8 Å². The van der Waals surface area contributed by atoms with Gasteiger partial charge in [0.15, 0.2) is 0 Å². The Balaban J connectivity index is 1.51. The number of anilines is 1. The Labute approximate surface area is 159 Å². The Bertz CT molecular complexity index is 1010. The quantitative estimate of drug-likeness (QED) is 0.799. The molecule has 0 atom stereocenters. The number of hydrogen-bond acceptors (Lipinski definition) is 7. The summed E-state index contributed by atoms with van der Waals surface area (Å²) in [6.45, 7) is 1.62. The van der Waals surface area contributed by atoms with Crippen molar-refractivity contribution < 1.29 is 24.0 Å². The van der Waals surface area contributed by atoms with Gasteiger partial charge in [0, 0.05) is 0 Å². The Hall–Kier alpha value is -4.01. The second kappa shape index (κ2) is 6.62. The molecule has 0 unspecified atom stereocenters. The highest BCUT2D eigenvalue weighted by molar-refractivity contribution is 6.37. The van der Waals surface area contributed by atoms with Gasteiger partial charge in [0.25, 0.3) is 17.7 Å². The van der Waals surface area contributed by atoms with Crippen LogP contribution in [0.4, 0.5) is 5.69 Å². The number of hydrazine groups is 1. The molecule has 2 aliphatic rings. The minimum absolute atomic E-state index is 0.148. The fraction of sp³-hybridized carbons (Fsp3) is 0.105. The lowest BCUT2D eigenvalue weighted by Gasteiger charge is -2.27. The summed E-state index contributed by atoms with van der Waals surface area (Å²) in [5, 5.41) is 1.55. The SMILES string of the molecule is Cc1ccc(N2NC(C(=O)ON3C(=O)c4ccccc4C3=O)=NCC2=O)cc1. The summed E-state index contributed by atoms with van der Waals surface area (Å²) in [5.41, 5.74) is 4.39. The van der Waals surface area contributed by atoms with Crippen LogP contribution in [0, 0.1) is 6.92 Å². The van der Waals surface area contributed by atoms with Crippen molar-refractivity contribution in [2.75, 3.05) is 11.6 Å². The van der Waals surface area contributed by atoms with Crippen LogP contribution >= 0.6 is 0 Å². The molecule has 0 saturated carbocycles. The van der Waals surface area contributed by atoms with Crippen molar-refractivity contribution in [1.29, 1.82) is 0 Å². The van der Waals surface area contributed by atoms with Crippen LogP contribution in [0.1, 0.15) is 26.3 Å². The molecule has 9 nitrogen and oxygen atoms in total. The maximum absolute atomic E-state index is 12.4. The minimum Gasteiger partial charge on any atom is -0.321 e. The Morgan fingerprint density at radius 1 is 1.00 bits per heavy atom. The zero-order valence-corrected chi connectivity index (χ0v) is 14.7. The van der Waals surface area contributed by atoms with Crippen LogP contribution in [0.2, 0.25) is 0 Å². The van der Waals surface area contributed by atoms with Crippen molar-refractivity contribution in [3.63, 3.8) is 0 Å².